The lowest BCUT2D eigenvalue weighted by Gasteiger charge is -2.32. The number of halogens is 1. The Hall–Kier alpha value is 0.180. The van der Waals surface area contributed by atoms with Crippen molar-refractivity contribution in [3.8, 4) is 0 Å². The number of carbonyl (C=O) groups excluding carboxylic acids is 1. The Balaban J connectivity index is 2.39. The molecule has 1 radical (unpaired) electrons. The lowest BCUT2D eigenvalue weighted by molar-refractivity contribution is -0.637. The fraction of sp³-hybridized carbons (Fsp3) is 0.900. The second kappa shape index (κ2) is 3.84. The topological polar surface area (TPSA) is 90.9 Å². The molecule has 5 nitrogen and oxygen atoms in total. The molecule has 2 aliphatic carbocycles. The van der Waals surface area contributed by atoms with Gasteiger partial charge in [-0.25, -0.2) is 0 Å². The maximum absolute atomic E-state index is 12.2. The molecule has 2 rings (SSSR count). The van der Waals surface area contributed by atoms with Crippen molar-refractivity contribution in [2.75, 3.05) is 5.75 Å². The van der Waals surface area contributed by atoms with Gasteiger partial charge >= 0.3 is 10.5 Å². The van der Waals surface area contributed by atoms with E-state index < -0.39 is 21.3 Å². The molecule has 0 amide bonds. The summed E-state index contributed by atoms with van der Waals surface area (Å²) in [5.74, 6) is 3.02. The molecule has 3 N–H and O–H groups in total. The smallest absolute Gasteiger partial charge is 0.298 e. The summed E-state index contributed by atoms with van der Waals surface area (Å²) in [7, 11) is -3.66. The van der Waals surface area contributed by atoms with Crippen LogP contribution in [0.2, 0.25) is 0 Å². The van der Waals surface area contributed by atoms with Crippen LogP contribution >= 0.6 is 15.9 Å². The van der Waals surface area contributed by atoms with Crippen molar-refractivity contribution in [1.82, 2.24) is 0 Å². The molecule has 0 aliphatic heterocycles. The van der Waals surface area contributed by atoms with Crippen LogP contribution in [0, 0.1) is 16.7 Å². The number of ketones is 1. The van der Waals surface area contributed by atoms with Gasteiger partial charge in [-0.3, -0.25) is 4.79 Å². The number of alkyl halides is 1. The van der Waals surface area contributed by atoms with Crippen LogP contribution in [0.3, 0.4) is 0 Å². The normalized spacial score (nSPS) is 48.4. The second-order valence-corrected chi connectivity index (χ2v) is 8.11. The first-order valence-corrected chi connectivity index (χ1v) is 8.02. The zero-order valence-corrected chi connectivity index (χ0v) is 12.3. The lowest BCUT2D eigenvalue weighted by Crippen LogP contribution is -2.55. The van der Waals surface area contributed by atoms with Gasteiger partial charge in [0.15, 0.2) is 11.5 Å². The minimum absolute atomic E-state index is 0.0601. The van der Waals surface area contributed by atoms with Gasteiger partial charge in [-0.15, -0.1) is 0 Å². The van der Waals surface area contributed by atoms with Crippen LogP contribution in [0.4, 0.5) is 0 Å². The van der Waals surface area contributed by atoms with Gasteiger partial charge in [-0.2, -0.15) is 5.90 Å². The van der Waals surface area contributed by atoms with E-state index in [0.29, 0.717) is 0 Å². The minimum atomic E-state index is -3.66. The number of Topliss-reactive ketones (excluding diaryl/α,β-unsaturated/α-hetero) is 1. The van der Waals surface area contributed by atoms with E-state index in [1.807, 2.05) is 13.8 Å². The number of rotatable bonds is 3. The summed E-state index contributed by atoms with van der Waals surface area (Å²) < 4.78 is 27.5. The summed E-state index contributed by atoms with van der Waals surface area (Å²) in [5.41, 5.74) is -1.13. The third kappa shape index (κ3) is 1.67. The number of carbonyl (C=O) groups is 1. The molecule has 1 unspecified atom stereocenters. The molecule has 2 saturated carbocycles. The van der Waals surface area contributed by atoms with Crippen LogP contribution < -0.4 is 5.90 Å². The quantitative estimate of drug-likeness (QED) is 0.470. The van der Waals surface area contributed by atoms with Crippen LogP contribution in [0.25, 0.3) is 0 Å². The van der Waals surface area contributed by atoms with Crippen LogP contribution in [-0.2, 0) is 28.3 Å². The zero-order chi connectivity index (χ0) is 13.1. The maximum atomic E-state index is 12.2. The highest BCUT2D eigenvalue weighted by Crippen LogP contribution is 2.66. The Labute approximate surface area is 110 Å². The Morgan fingerprint density at radius 2 is 2.18 bits per heavy atom. The highest BCUT2D eigenvalue weighted by atomic mass is 79.9. The van der Waals surface area contributed by atoms with E-state index in [4.69, 9.17) is 0 Å². The third-order valence-corrected chi connectivity index (χ3v) is 7.20. The average Bonchev–Trinajstić information content (AvgIpc) is 2.55. The predicted octanol–water partition coefficient (Wildman–Crippen LogP) is 0.689. The van der Waals surface area contributed by atoms with Crippen LogP contribution in [0.1, 0.15) is 26.7 Å². The summed E-state index contributed by atoms with van der Waals surface area (Å²) in [6.45, 7) is 3.75. The monoisotopic (exact) mass is 326 g/mol. The van der Waals surface area contributed by atoms with Crippen molar-refractivity contribution in [3.05, 3.63) is 0 Å². The van der Waals surface area contributed by atoms with Gasteiger partial charge in [-0.1, -0.05) is 29.8 Å². The molecule has 0 saturated heterocycles. The van der Waals surface area contributed by atoms with Gasteiger partial charge in [0, 0.05) is 15.1 Å². The Bertz CT molecular complexity index is 417. The van der Waals surface area contributed by atoms with E-state index in [0.717, 1.165) is 12.8 Å². The Morgan fingerprint density at radius 1 is 1.59 bits per heavy atom. The fourth-order valence-corrected chi connectivity index (χ4v) is 6.20. The van der Waals surface area contributed by atoms with Crippen LogP contribution in [0.5, 0.6) is 0 Å². The van der Waals surface area contributed by atoms with Crippen molar-refractivity contribution >= 4 is 32.2 Å². The van der Waals surface area contributed by atoms with Crippen LogP contribution in [0.15, 0.2) is 0 Å². The molecule has 2 fully saturated rings. The van der Waals surface area contributed by atoms with E-state index >= 15 is 0 Å². The van der Waals surface area contributed by atoms with E-state index in [1.54, 1.807) is 0 Å². The van der Waals surface area contributed by atoms with Crippen molar-refractivity contribution < 1.29 is 23.7 Å². The molecule has 0 aromatic heterocycles. The number of quaternary nitrogens is 1. The molecular weight excluding hydrogens is 310 g/mol. The summed E-state index contributed by atoms with van der Waals surface area (Å²) in [6.07, 6.45) is 1.63. The van der Waals surface area contributed by atoms with Crippen molar-refractivity contribution in [1.29, 1.82) is 0 Å². The molecule has 0 spiro atoms. The Morgan fingerprint density at radius 3 is 2.59 bits per heavy atom. The molecule has 2 bridgehead atoms. The first kappa shape index (κ1) is 13.6. The summed E-state index contributed by atoms with van der Waals surface area (Å²) in [5, 5.41) is 0. The van der Waals surface area contributed by atoms with Gasteiger partial charge in [-0.05, 0) is 23.0 Å². The van der Waals surface area contributed by atoms with Crippen molar-refractivity contribution in [3.63, 3.8) is 0 Å². The van der Waals surface area contributed by atoms with Gasteiger partial charge in [0.1, 0.15) is 0 Å². The SMILES string of the molecule is C[C@]12CC[C@H]([C@H](Br)C1=O)[C@@]2(C)C[S+]([O])(=O)O[NH3+]. The van der Waals surface area contributed by atoms with E-state index in [-0.39, 0.29) is 22.3 Å². The zero-order valence-electron chi connectivity index (χ0n) is 9.90. The molecule has 97 valence electrons. The van der Waals surface area contributed by atoms with Gasteiger partial charge in [0.25, 0.3) is 0 Å². The van der Waals surface area contributed by atoms with Gasteiger partial charge < -0.3 is 0 Å². The predicted molar refractivity (Wildman–Crippen MR) is 64.2 cm³/mol. The summed E-state index contributed by atoms with van der Waals surface area (Å²) in [4.78, 5) is 11.9. The van der Waals surface area contributed by atoms with Gasteiger partial charge in [0.2, 0.25) is 0 Å². The summed E-state index contributed by atoms with van der Waals surface area (Å²) >= 11 is 3.40. The van der Waals surface area contributed by atoms with E-state index in [2.05, 4.69) is 26.1 Å². The minimum Gasteiger partial charge on any atom is -0.298 e. The van der Waals surface area contributed by atoms with Crippen LogP contribution in [-0.4, -0.2) is 16.4 Å². The summed E-state index contributed by atoms with van der Waals surface area (Å²) in [6, 6.07) is 0. The van der Waals surface area contributed by atoms with E-state index in [1.165, 1.54) is 0 Å². The molecule has 0 aromatic rings. The molecule has 5 atom stereocenters. The number of hydrogen-bond acceptors (Lipinski definition) is 3. The Kier molecular flexibility index (Phi) is 3.07. The largest absolute Gasteiger partial charge is 0.449 e. The van der Waals surface area contributed by atoms with E-state index in [9.17, 15) is 13.6 Å². The molecule has 7 heteroatoms. The average molecular weight is 327 g/mol. The molecule has 0 aromatic carbocycles. The lowest BCUT2D eigenvalue weighted by atomic mass is 9.70. The molecular formula is C10H17BrNO4S+2. The molecule has 2 aliphatic rings. The first-order valence-electron chi connectivity index (χ1n) is 5.53. The number of hydrogen-bond donors (Lipinski definition) is 1. The second-order valence-electron chi connectivity index (χ2n) is 5.48. The van der Waals surface area contributed by atoms with Gasteiger partial charge in [0.05, 0.1) is 9.38 Å². The first-order chi connectivity index (χ1) is 7.68. The maximum Gasteiger partial charge on any atom is 0.449 e. The highest BCUT2D eigenvalue weighted by Gasteiger charge is 2.71. The molecule has 17 heavy (non-hydrogen) atoms. The third-order valence-electron chi connectivity index (χ3n) is 4.84. The van der Waals surface area contributed by atoms with Crippen molar-refractivity contribution in [2.24, 2.45) is 16.7 Å². The molecule has 0 heterocycles. The fourth-order valence-electron chi connectivity index (χ4n) is 3.49. The highest BCUT2D eigenvalue weighted by molar-refractivity contribution is 9.10. The van der Waals surface area contributed by atoms with Crippen molar-refractivity contribution in [2.45, 2.75) is 31.5 Å². The standard InChI is InChI=1S/C10H17BrNO4S/c1-9-4-3-6(7(11)8(9)13)10(9,2)5-17(14,15)16-12/h6-7H,3-5H2,1-2,12H3/q+2/t6-,7+,9+,10-/m1/s1. The number of fused-ring (bicyclic) bond motifs is 2.